The number of carbonyl (C=O) groups is 4. The van der Waals surface area contributed by atoms with Gasteiger partial charge in [0.05, 0.1) is 0 Å². The highest BCUT2D eigenvalue weighted by molar-refractivity contribution is 6.10. The number of anilines is 1. The number of halogens is 1. The number of carbonyl (C=O) groups excluding carboxylic acids is 4. The number of benzene rings is 2. The third-order valence-electron chi connectivity index (χ3n) is 4.98. The summed E-state index contributed by atoms with van der Waals surface area (Å²) in [5.41, 5.74) is -0.213. The van der Waals surface area contributed by atoms with Gasteiger partial charge in [0.1, 0.15) is 17.9 Å². The molecule has 0 bridgehead atoms. The van der Waals surface area contributed by atoms with Crippen molar-refractivity contribution in [3.05, 3.63) is 65.5 Å². The molecule has 1 saturated heterocycles. The first-order chi connectivity index (χ1) is 14.3. The lowest BCUT2D eigenvalue weighted by Gasteiger charge is -2.25. The maximum absolute atomic E-state index is 13.3. The molecule has 0 unspecified atom stereocenters. The van der Waals surface area contributed by atoms with Crippen molar-refractivity contribution in [2.45, 2.75) is 18.9 Å². The predicted octanol–water partition coefficient (Wildman–Crippen LogP) is 1.98. The fraction of sp³-hybridized carbons (Fsp3) is 0.238. The lowest BCUT2D eigenvalue weighted by Crippen LogP contribution is -2.44. The van der Waals surface area contributed by atoms with Crippen LogP contribution in [0.4, 0.5) is 14.9 Å². The van der Waals surface area contributed by atoms with Crippen molar-refractivity contribution in [2.75, 3.05) is 18.9 Å². The molecular weight excluding hydrogens is 391 g/mol. The van der Waals surface area contributed by atoms with Crippen LogP contribution in [-0.4, -0.2) is 42.2 Å². The molecule has 1 fully saturated rings. The van der Waals surface area contributed by atoms with Gasteiger partial charge in [-0.25, -0.2) is 9.18 Å². The summed E-state index contributed by atoms with van der Waals surface area (Å²) in [6.07, 6.45) is 0.232. The Bertz CT molecular complexity index is 1010. The summed E-state index contributed by atoms with van der Waals surface area (Å²) in [6.45, 7) is 1.22. The second kappa shape index (κ2) is 8.32. The third-order valence-corrected chi connectivity index (χ3v) is 4.98. The van der Waals surface area contributed by atoms with Gasteiger partial charge in [-0.05, 0) is 42.3 Å². The van der Waals surface area contributed by atoms with Crippen molar-refractivity contribution in [3.63, 3.8) is 0 Å². The van der Waals surface area contributed by atoms with Crippen molar-refractivity contribution >= 4 is 29.4 Å². The zero-order valence-corrected chi connectivity index (χ0v) is 16.5. The quantitative estimate of drug-likeness (QED) is 0.631. The van der Waals surface area contributed by atoms with Crippen LogP contribution < -0.4 is 16.0 Å². The lowest BCUT2D eigenvalue weighted by atomic mass is 9.87. The number of nitrogens with zero attached hydrogens (tertiary/aromatic N) is 1. The van der Waals surface area contributed by atoms with Crippen LogP contribution in [0.2, 0.25) is 0 Å². The SMILES string of the molecule is CC[C@]1(c2ccc(F)cc2)NC(=O)N(CC(=O)Nc2cccc(C(=O)NC)c2)C1=O. The molecule has 0 radical (unpaired) electrons. The van der Waals surface area contributed by atoms with Gasteiger partial charge in [-0.2, -0.15) is 0 Å². The zero-order valence-electron chi connectivity index (χ0n) is 16.5. The van der Waals surface area contributed by atoms with E-state index in [1.807, 2.05) is 0 Å². The molecule has 30 heavy (non-hydrogen) atoms. The van der Waals surface area contributed by atoms with Crippen LogP contribution in [0, 0.1) is 5.82 Å². The molecule has 3 N–H and O–H groups in total. The Morgan fingerprint density at radius 3 is 2.47 bits per heavy atom. The summed E-state index contributed by atoms with van der Waals surface area (Å²) in [6, 6.07) is 10.8. The van der Waals surface area contributed by atoms with E-state index in [-0.39, 0.29) is 12.3 Å². The molecule has 9 heteroatoms. The normalized spacial score (nSPS) is 18.2. The Kier molecular flexibility index (Phi) is 5.81. The van der Waals surface area contributed by atoms with Gasteiger partial charge < -0.3 is 16.0 Å². The van der Waals surface area contributed by atoms with Crippen molar-refractivity contribution in [2.24, 2.45) is 0 Å². The van der Waals surface area contributed by atoms with Crippen LogP contribution in [0.15, 0.2) is 48.5 Å². The summed E-state index contributed by atoms with van der Waals surface area (Å²) < 4.78 is 13.3. The Morgan fingerprint density at radius 1 is 1.13 bits per heavy atom. The van der Waals surface area contributed by atoms with E-state index in [9.17, 15) is 23.6 Å². The second-order valence-electron chi connectivity index (χ2n) is 6.80. The van der Waals surface area contributed by atoms with Crippen molar-refractivity contribution in [1.82, 2.24) is 15.5 Å². The Morgan fingerprint density at radius 2 is 1.83 bits per heavy atom. The molecule has 1 aliphatic rings. The molecule has 0 spiro atoms. The summed E-state index contributed by atoms with van der Waals surface area (Å²) in [5.74, 6) is -1.96. The lowest BCUT2D eigenvalue weighted by molar-refractivity contribution is -0.134. The highest BCUT2D eigenvalue weighted by Gasteiger charge is 2.51. The number of hydrogen-bond acceptors (Lipinski definition) is 4. The van der Waals surface area contributed by atoms with Gasteiger partial charge in [0.2, 0.25) is 5.91 Å². The Balaban J connectivity index is 1.76. The van der Waals surface area contributed by atoms with E-state index < -0.39 is 35.7 Å². The monoisotopic (exact) mass is 412 g/mol. The van der Waals surface area contributed by atoms with E-state index >= 15 is 0 Å². The molecule has 8 nitrogen and oxygen atoms in total. The zero-order chi connectivity index (χ0) is 21.9. The molecule has 1 aliphatic heterocycles. The topological polar surface area (TPSA) is 108 Å². The maximum atomic E-state index is 13.3. The van der Waals surface area contributed by atoms with E-state index in [4.69, 9.17) is 0 Å². The predicted molar refractivity (Wildman–Crippen MR) is 107 cm³/mol. The summed E-state index contributed by atoms with van der Waals surface area (Å²) in [7, 11) is 1.49. The van der Waals surface area contributed by atoms with Crippen molar-refractivity contribution in [1.29, 1.82) is 0 Å². The number of imide groups is 1. The Labute approximate surface area is 172 Å². The van der Waals surface area contributed by atoms with Gasteiger partial charge >= 0.3 is 6.03 Å². The minimum absolute atomic E-state index is 0.232. The van der Waals surface area contributed by atoms with Crippen LogP contribution in [0.25, 0.3) is 0 Å². The molecule has 0 saturated carbocycles. The number of rotatable bonds is 6. The van der Waals surface area contributed by atoms with E-state index in [2.05, 4.69) is 16.0 Å². The molecule has 1 atom stereocenters. The largest absolute Gasteiger partial charge is 0.355 e. The van der Waals surface area contributed by atoms with Crippen molar-refractivity contribution < 1.29 is 23.6 Å². The summed E-state index contributed by atoms with van der Waals surface area (Å²) in [4.78, 5) is 50.5. The van der Waals surface area contributed by atoms with Gasteiger partial charge in [-0.15, -0.1) is 0 Å². The number of urea groups is 1. The smallest absolute Gasteiger partial charge is 0.325 e. The first-order valence-electron chi connectivity index (χ1n) is 9.33. The average molecular weight is 412 g/mol. The van der Waals surface area contributed by atoms with Crippen LogP contribution in [-0.2, 0) is 15.1 Å². The third kappa shape index (κ3) is 3.86. The highest BCUT2D eigenvalue weighted by Crippen LogP contribution is 2.32. The fourth-order valence-corrected chi connectivity index (χ4v) is 3.37. The van der Waals surface area contributed by atoms with Crippen LogP contribution in [0.3, 0.4) is 0 Å². The van der Waals surface area contributed by atoms with Gasteiger partial charge in [0.25, 0.3) is 11.8 Å². The van der Waals surface area contributed by atoms with Crippen LogP contribution in [0.5, 0.6) is 0 Å². The van der Waals surface area contributed by atoms with E-state index in [1.54, 1.807) is 25.1 Å². The first kappa shape index (κ1) is 21.0. The van der Waals surface area contributed by atoms with E-state index in [0.717, 1.165) is 4.90 Å². The van der Waals surface area contributed by atoms with Gasteiger partial charge in [0.15, 0.2) is 0 Å². The molecule has 1 heterocycles. The maximum Gasteiger partial charge on any atom is 0.325 e. The number of nitrogens with one attached hydrogen (secondary N) is 3. The number of hydrogen-bond donors (Lipinski definition) is 3. The molecule has 2 aromatic carbocycles. The first-order valence-corrected chi connectivity index (χ1v) is 9.33. The van der Waals surface area contributed by atoms with Gasteiger partial charge in [0, 0.05) is 18.3 Å². The fourth-order valence-electron chi connectivity index (χ4n) is 3.37. The standard InChI is InChI=1S/C21H21FN4O4/c1-3-21(14-7-9-15(22)10-8-14)19(29)26(20(30)25-21)12-17(27)24-16-6-4-5-13(11-16)18(28)23-2/h4-11H,3,12H2,1-2H3,(H,23,28)(H,24,27)(H,25,30)/t21-/m1/s1. The van der Waals surface area contributed by atoms with E-state index in [1.165, 1.54) is 37.4 Å². The average Bonchev–Trinajstić information content (AvgIpc) is 2.99. The Hall–Kier alpha value is -3.75. The molecule has 0 aliphatic carbocycles. The molecule has 156 valence electrons. The minimum Gasteiger partial charge on any atom is -0.355 e. The summed E-state index contributed by atoms with van der Waals surface area (Å²) in [5, 5.41) is 7.70. The molecule has 2 aromatic rings. The minimum atomic E-state index is -1.36. The van der Waals surface area contributed by atoms with Gasteiger partial charge in [-0.3, -0.25) is 19.3 Å². The molecular formula is C21H21FN4O4. The second-order valence-corrected chi connectivity index (χ2v) is 6.80. The summed E-state index contributed by atoms with van der Waals surface area (Å²) >= 11 is 0. The van der Waals surface area contributed by atoms with Crippen LogP contribution in [0.1, 0.15) is 29.3 Å². The van der Waals surface area contributed by atoms with E-state index in [0.29, 0.717) is 16.8 Å². The van der Waals surface area contributed by atoms with Gasteiger partial charge in [-0.1, -0.05) is 25.1 Å². The van der Waals surface area contributed by atoms with Crippen LogP contribution >= 0.6 is 0 Å². The number of amides is 5. The highest BCUT2D eigenvalue weighted by atomic mass is 19.1. The molecule has 0 aromatic heterocycles. The van der Waals surface area contributed by atoms with Crippen molar-refractivity contribution in [3.8, 4) is 0 Å². The molecule has 5 amide bonds. The molecule has 3 rings (SSSR count).